The Hall–Kier alpha value is -1.55. The number of hydrogen-bond acceptors (Lipinski definition) is 4. The van der Waals surface area contributed by atoms with Gasteiger partial charge in [0.05, 0.1) is 12.1 Å². The van der Waals surface area contributed by atoms with Crippen LogP contribution >= 0.6 is 0 Å². The van der Waals surface area contributed by atoms with Gasteiger partial charge >= 0.3 is 0 Å². The molecule has 1 atom stereocenters. The normalized spacial score (nSPS) is 22.4. The van der Waals surface area contributed by atoms with E-state index in [2.05, 4.69) is 67.0 Å². The quantitative estimate of drug-likeness (QED) is 0.890. The largest absolute Gasteiger partial charge is 0.370 e. The Bertz CT molecular complexity index is 478. The lowest BCUT2D eigenvalue weighted by atomic mass is 9.86. The molecule has 1 aliphatic heterocycles. The van der Waals surface area contributed by atoms with Crippen molar-refractivity contribution in [3.8, 4) is 0 Å². The third kappa shape index (κ3) is 2.66. The van der Waals surface area contributed by atoms with Crippen molar-refractivity contribution >= 4 is 5.96 Å². The lowest BCUT2D eigenvalue weighted by Crippen LogP contribution is -2.51. The summed E-state index contributed by atoms with van der Waals surface area (Å²) in [6.45, 7) is 6.97. The molecule has 2 rings (SSSR count). The number of hydrogen-bond donors (Lipinski definition) is 1. The summed E-state index contributed by atoms with van der Waals surface area (Å²) >= 11 is 0. The van der Waals surface area contributed by atoms with Gasteiger partial charge in [-0.2, -0.15) is 0 Å². The Kier molecular flexibility index (Phi) is 4.33. The molecule has 1 heterocycles. The molecule has 0 saturated carbocycles. The van der Waals surface area contributed by atoms with Crippen LogP contribution in [0.1, 0.15) is 24.5 Å². The number of aryl methyl sites for hydroxylation is 1. The van der Waals surface area contributed by atoms with Crippen molar-refractivity contribution in [1.29, 1.82) is 0 Å². The average molecular weight is 274 g/mol. The number of nitrogens with two attached hydrogens (primary N) is 1. The molecule has 1 aromatic rings. The van der Waals surface area contributed by atoms with Crippen molar-refractivity contribution in [2.45, 2.75) is 25.8 Å². The molecule has 0 saturated heterocycles. The van der Waals surface area contributed by atoms with Crippen LogP contribution in [0.4, 0.5) is 0 Å². The lowest BCUT2D eigenvalue weighted by Gasteiger charge is -2.39. The van der Waals surface area contributed by atoms with Crippen molar-refractivity contribution in [3.63, 3.8) is 0 Å². The Morgan fingerprint density at radius 3 is 2.50 bits per heavy atom. The summed E-state index contributed by atoms with van der Waals surface area (Å²) in [5, 5.41) is 0. The minimum absolute atomic E-state index is 0.0756. The molecule has 0 radical (unpaired) electrons. The van der Waals surface area contributed by atoms with E-state index >= 15 is 0 Å². The van der Waals surface area contributed by atoms with Crippen LogP contribution in [0.5, 0.6) is 0 Å². The van der Waals surface area contributed by atoms with Crippen molar-refractivity contribution in [2.75, 3.05) is 33.7 Å². The van der Waals surface area contributed by atoms with Gasteiger partial charge in [-0.25, -0.2) is 0 Å². The molecule has 0 amide bonds. The molecule has 0 fully saturated rings. The fraction of sp³-hybridized carbons (Fsp3) is 0.562. The first-order valence-electron chi connectivity index (χ1n) is 7.29. The van der Waals surface area contributed by atoms with E-state index in [-0.39, 0.29) is 5.54 Å². The van der Waals surface area contributed by atoms with E-state index in [1.165, 1.54) is 11.1 Å². The van der Waals surface area contributed by atoms with Gasteiger partial charge in [-0.05, 0) is 33.0 Å². The molecule has 0 bridgehead atoms. The third-order valence-corrected chi connectivity index (χ3v) is 4.24. The Morgan fingerprint density at radius 1 is 1.30 bits per heavy atom. The molecule has 20 heavy (non-hydrogen) atoms. The molecule has 1 aromatic carbocycles. The van der Waals surface area contributed by atoms with Gasteiger partial charge in [0.25, 0.3) is 0 Å². The van der Waals surface area contributed by atoms with Gasteiger partial charge in [-0.1, -0.05) is 36.8 Å². The highest BCUT2D eigenvalue weighted by molar-refractivity contribution is 5.81. The number of benzene rings is 1. The average Bonchev–Trinajstić information content (AvgIpc) is 2.75. The van der Waals surface area contributed by atoms with E-state index in [0.717, 1.165) is 26.1 Å². The maximum Gasteiger partial charge on any atom is 0.192 e. The van der Waals surface area contributed by atoms with E-state index in [9.17, 15) is 0 Å². The number of nitrogens with zero attached hydrogens (tertiary/aromatic N) is 3. The van der Waals surface area contributed by atoms with Gasteiger partial charge in [0.15, 0.2) is 5.96 Å². The summed E-state index contributed by atoms with van der Waals surface area (Å²) < 4.78 is 0. The zero-order valence-electron chi connectivity index (χ0n) is 13.1. The zero-order valence-corrected chi connectivity index (χ0v) is 13.1. The van der Waals surface area contributed by atoms with Gasteiger partial charge < -0.3 is 15.5 Å². The molecule has 4 heteroatoms. The van der Waals surface area contributed by atoms with Crippen LogP contribution in [0, 0.1) is 6.92 Å². The van der Waals surface area contributed by atoms with Crippen LogP contribution in [-0.4, -0.2) is 49.5 Å². The predicted molar refractivity (Wildman–Crippen MR) is 84.9 cm³/mol. The van der Waals surface area contributed by atoms with Crippen LogP contribution < -0.4 is 5.73 Å². The number of guanidine groups is 1. The molecule has 2 N–H and O–H groups in total. The van der Waals surface area contributed by atoms with Crippen molar-refractivity contribution < 1.29 is 0 Å². The van der Waals surface area contributed by atoms with Crippen LogP contribution in [-0.2, 0) is 5.54 Å². The molecule has 4 nitrogen and oxygen atoms in total. The van der Waals surface area contributed by atoms with E-state index in [4.69, 9.17) is 5.73 Å². The summed E-state index contributed by atoms with van der Waals surface area (Å²) in [5.74, 6) is 0.675. The minimum atomic E-state index is -0.0756. The summed E-state index contributed by atoms with van der Waals surface area (Å²) in [5.41, 5.74) is 8.66. The fourth-order valence-corrected chi connectivity index (χ4v) is 2.85. The maximum absolute atomic E-state index is 6.14. The molecule has 1 unspecified atom stereocenters. The van der Waals surface area contributed by atoms with Crippen LogP contribution in [0.3, 0.4) is 0 Å². The maximum atomic E-state index is 6.14. The SMILES string of the molecule is CCC1(c2ccc(C)cc2)CN=C(N)N1CCN(C)C. The van der Waals surface area contributed by atoms with E-state index in [1.54, 1.807) is 0 Å². The van der Waals surface area contributed by atoms with E-state index < -0.39 is 0 Å². The first-order chi connectivity index (χ1) is 9.49. The molecular formula is C16H26N4. The Morgan fingerprint density at radius 2 is 1.95 bits per heavy atom. The number of rotatable bonds is 5. The molecule has 0 spiro atoms. The van der Waals surface area contributed by atoms with Gasteiger partial charge in [0.1, 0.15) is 0 Å². The van der Waals surface area contributed by atoms with E-state index in [0.29, 0.717) is 5.96 Å². The fourth-order valence-electron chi connectivity index (χ4n) is 2.85. The smallest absolute Gasteiger partial charge is 0.192 e. The number of likely N-dealkylation sites (N-methyl/N-ethyl adjacent to an activating group) is 1. The first kappa shape index (κ1) is 14.9. The van der Waals surface area contributed by atoms with Crippen molar-refractivity contribution in [3.05, 3.63) is 35.4 Å². The summed E-state index contributed by atoms with van der Waals surface area (Å²) in [6.07, 6.45) is 1.01. The molecular weight excluding hydrogens is 248 g/mol. The van der Waals surface area contributed by atoms with Gasteiger partial charge in [-0.3, -0.25) is 4.99 Å². The highest BCUT2D eigenvalue weighted by atomic mass is 15.4. The first-order valence-corrected chi connectivity index (χ1v) is 7.29. The highest BCUT2D eigenvalue weighted by Crippen LogP contribution is 2.36. The predicted octanol–water partition coefficient (Wildman–Crippen LogP) is 1.79. The summed E-state index contributed by atoms with van der Waals surface area (Å²) in [6, 6.07) is 8.78. The highest BCUT2D eigenvalue weighted by Gasteiger charge is 2.41. The van der Waals surface area contributed by atoms with Crippen LogP contribution in [0.25, 0.3) is 0 Å². The lowest BCUT2D eigenvalue weighted by molar-refractivity contribution is 0.179. The topological polar surface area (TPSA) is 44.9 Å². The van der Waals surface area contributed by atoms with Crippen molar-refractivity contribution in [2.24, 2.45) is 10.7 Å². The second kappa shape index (κ2) is 5.83. The minimum Gasteiger partial charge on any atom is -0.370 e. The van der Waals surface area contributed by atoms with Gasteiger partial charge in [0.2, 0.25) is 0 Å². The van der Waals surface area contributed by atoms with Gasteiger partial charge in [-0.15, -0.1) is 0 Å². The standard InChI is InChI=1S/C16H26N4/c1-5-16(14-8-6-13(2)7-9-14)12-18-15(17)20(16)11-10-19(3)4/h6-9H,5,10-12H2,1-4H3,(H2,17,18). The monoisotopic (exact) mass is 274 g/mol. The van der Waals surface area contributed by atoms with Gasteiger partial charge in [0, 0.05) is 13.1 Å². The van der Waals surface area contributed by atoms with Crippen LogP contribution in [0.2, 0.25) is 0 Å². The second-order valence-corrected chi connectivity index (χ2v) is 5.88. The van der Waals surface area contributed by atoms with Crippen LogP contribution in [0.15, 0.2) is 29.3 Å². The summed E-state index contributed by atoms with van der Waals surface area (Å²) in [4.78, 5) is 8.98. The Balaban J connectivity index is 2.30. The molecule has 110 valence electrons. The number of aliphatic imine (C=N–C) groups is 1. The molecule has 0 aliphatic carbocycles. The Labute approximate surface area is 122 Å². The third-order valence-electron chi connectivity index (χ3n) is 4.24. The second-order valence-electron chi connectivity index (χ2n) is 5.88. The molecule has 0 aromatic heterocycles. The van der Waals surface area contributed by atoms with Crippen molar-refractivity contribution in [1.82, 2.24) is 9.80 Å². The molecule has 1 aliphatic rings. The summed E-state index contributed by atoms with van der Waals surface area (Å²) in [7, 11) is 4.17. The van der Waals surface area contributed by atoms with E-state index in [1.807, 2.05) is 0 Å². The zero-order chi connectivity index (χ0) is 14.8.